The number of ether oxygens (including phenoxy) is 1. The van der Waals surface area contributed by atoms with Crippen LogP contribution in [0.3, 0.4) is 0 Å². The molecular weight excluding hydrogens is 334 g/mol. The van der Waals surface area contributed by atoms with E-state index in [4.69, 9.17) is 4.74 Å². The number of H-pyrrole nitrogens is 1. The smallest absolute Gasteiger partial charge is 0.339 e. The molecule has 0 saturated heterocycles. The zero-order valence-corrected chi connectivity index (χ0v) is 15.1. The molecule has 0 bridgehead atoms. The average Bonchev–Trinajstić information content (AvgIpc) is 2.60. The van der Waals surface area contributed by atoms with E-state index >= 15 is 0 Å². The molecular formula is C19H21N3O4. The van der Waals surface area contributed by atoms with E-state index in [0.29, 0.717) is 10.9 Å². The molecule has 2 aromatic rings. The lowest BCUT2D eigenvalue weighted by molar-refractivity contribution is -0.130. The van der Waals surface area contributed by atoms with E-state index in [1.165, 1.54) is 6.92 Å². The fourth-order valence-electron chi connectivity index (χ4n) is 2.31. The van der Waals surface area contributed by atoms with E-state index in [-0.39, 0.29) is 11.5 Å². The number of fused-ring (bicyclic) bond motifs is 1. The first-order valence-electron chi connectivity index (χ1n) is 8.24. The van der Waals surface area contributed by atoms with Crippen LogP contribution < -0.4 is 10.9 Å². The van der Waals surface area contributed by atoms with Gasteiger partial charge in [-0.25, -0.2) is 4.79 Å². The molecule has 0 unspecified atom stereocenters. The molecule has 0 aliphatic carbocycles. The Hall–Kier alpha value is -3.14. The maximum Gasteiger partial charge on any atom is 0.339 e. The predicted molar refractivity (Wildman–Crippen MR) is 96.4 cm³/mol. The van der Waals surface area contributed by atoms with Gasteiger partial charge in [0.25, 0.3) is 5.91 Å². The standard InChI is InChI=1S/C19H21N3O4/c1-11(2)19(4,10-20)22-17(24)12(3)26-18(25)14-9-16(23)21-15-8-6-5-7-13(14)15/h5-9,11-12H,1-4H3,(H,21,23)(H,22,24)/t12-,19+/m0/s1. The Labute approximate surface area is 151 Å². The number of benzene rings is 1. The Kier molecular flexibility index (Phi) is 5.46. The zero-order valence-electron chi connectivity index (χ0n) is 15.1. The van der Waals surface area contributed by atoms with Crippen molar-refractivity contribution in [3.63, 3.8) is 0 Å². The number of esters is 1. The Morgan fingerprint density at radius 1 is 1.27 bits per heavy atom. The van der Waals surface area contributed by atoms with E-state index in [1.807, 2.05) is 13.8 Å². The monoisotopic (exact) mass is 355 g/mol. The number of para-hydroxylation sites is 1. The minimum atomic E-state index is -1.12. The lowest BCUT2D eigenvalue weighted by Gasteiger charge is -2.28. The van der Waals surface area contributed by atoms with Gasteiger partial charge in [0.1, 0.15) is 5.54 Å². The van der Waals surface area contributed by atoms with Gasteiger partial charge in [0.2, 0.25) is 5.56 Å². The number of hydrogen-bond donors (Lipinski definition) is 2. The van der Waals surface area contributed by atoms with Crippen LogP contribution in [0.2, 0.25) is 0 Å². The minimum Gasteiger partial charge on any atom is -0.449 e. The third kappa shape index (κ3) is 3.91. The number of aromatic nitrogens is 1. The highest BCUT2D eigenvalue weighted by atomic mass is 16.5. The molecule has 1 heterocycles. The number of carbonyl (C=O) groups excluding carboxylic acids is 2. The molecule has 2 N–H and O–H groups in total. The third-order valence-electron chi connectivity index (χ3n) is 4.39. The van der Waals surface area contributed by atoms with Crippen molar-refractivity contribution in [2.24, 2.45) is 5.92 Å². The molecule has 1 aromatic heterocycles. The highest BCUT2D eigenvalue weighted by molar-refractivity contribution is 6.04. The SMILES string of the molecule is CC(C)[C@@](C)(C#N)NC(=O)[C@H](C)OC(=O)c1cc(=O)[nH]c2ccccc12. The van der Waals surface area contributed by atoms with Gasteiger partial charge >= 0.3 is 5.97 Å². The molecule has 1 amide bonds. The summed E-state index contributed by atoms with van der Waals surface area (Å²) in [5, 5.41) is 12.4. The van der Waals surface area contributed by atoms with Crippen LogP contribution in [-0.4, -0.2) is 28.5 Å². The average molecular weight is 355 g/mol. The summed E-state index contributed by atoms with van der Waals surface area (Å²) in [4.78, 5) is 39.2. The number of aromatic amines is 1. The van der Waals surface area contributed by atoms with Crippen molar-refractivity contribution in [2.75, 3.05) is 0 Å². The Balaban J connectivity index is 2.21. The molecule has 7 nitrogen and oxygen atoms in total. The summed E-state index contributed by atoms with van der Waals surface area (Å²) in [7, 11) is 0. The summed E-state index contributed by atoms with van der Waals surface area (Å²) in [5.41, 5.74) is -0.935. The van der Waals surface area contributed by atoms with Crippen molar-refractivity contribution >= 4 is 22.8 Å². The van der Waals surface area contributed by atoms with Crippen molar-refractivity contribution in [2.45, 2.75) is 39.3 Å². The normalized spacial score (nSPS) is 14.3. The second-order valence-corrected chi connectivity index (χ2v) is 6.60. The number of nitrogens with one attached hydrogen (secondary N) is 2. The van der Waals surface area contributed by atoms with Crippen LogP contribution >= 0.6 is 0 Å². The summed E-state index contributed by atoms with van der Waals surface area (Å²) < 4.78 is 5.22. The molecule has 2 rings (SSSR count). The van der Waals surface area contributed by atoms with Crippen LogP contribution in [0.5, 0.6) is 0 Å². The summed E-state index contributed by atoms with van der Waals surface area (Å²) in [6.07, 6.45) is -1.12. The minimum absolute atomic E-state index is 0.0795. The topological polar surface area (TPSA) is 112 Å². The van der Waals surface area contributed by atoms with Gasteiger partial charge in [-0.2, -0.15) is 5.26 Å². The van der Waals surface area contributed by atoms with Crippen molar-refractivity contribution in [1.29, 1.82) is 5.26 Å². The van der Waals surface area contributed by atoms with Crippen molar-refractivity contribution in [1.82, 2.24) is 10.3 Å². The number of carbonyl (C=O) groups is 2. The second kappa shape index (κ2) is 7.40. The molecule has 0 saturated carbocycles. The fourth-order valence-corrected chi connectivity index (χ4v) is 2.31. The van der Waals surface area contributed by atoms with Crippen molar-refractivity contribution < 1.29 is 14.3 Å². The first-order valence-corrected chi connectivity index (χ1v) is 8.24. The number of amides is 1. The predicted octanol–water partition coefficient (Wildman–Crippen LogP) is 2.13. The van der Waals surface area contributed by atoms with E-state index in [0.717, 1.165) is 6.07 Å². The van der Waals surface area contributed by atoms with Crippen LogP contribution in [0, 0.1) is 17.2 Å². The molecule has 0 aliphatic heterocycles. The fraction of sp³-hybridized carbons (Fsp3) is 0.368. The molecule has 0 spiro atoms. The van der Waals surface area contributed by atoms with E-state index in [2.05, 4.69) is 16.4 Å². The quantitative estimate of drug-likeness (QED) is 0.798. The maximum absolute atomic E-state index is 12.5. The molecule has 0 fully saturated rings. The van der Waals surface area contributed by atoms with Gasteiger partial charge in [-0.3, -0.25) is 9.59 Å². The number of nitrogens with zero attached hydrogens (tertiary/aromatic N) is 1. The summed E-state index contributed by atoms with van der Waals surface area (Å²) >= 11 is 0. The Morgan fingerprint density at radius 2 is 1.92 bits per heavy atom. The number of hydrogen-bond acceptors (Lipinski definition) is 5. The third-order valence-corrected chi connectivity index (χ3v) is 4.39. The Morgan fingerprint density at radius 3 is 2.54 bits per heavy atom. The van der Waals surface area contributed by atoms with Crippen LogP contribution in [0.1, 0.15) is 38.1 Å². The molecule has 0 aliphatic rings. The van der Waals surface area contributed by atoms with Gasteiger partial charge in [0.15, 0.2) is 6.10 Å². The largest absolute Gasteiger partial charge is 0.449 e. The molecule has 136 valence electrons. The van der Waals surface area contributed by atoms with Crippen molar-refractivity contribution in [3.05, 3.63) is 46.2 Å². The van der Waals surface area contributed by atoms with Crippen LogP contribution in [-0.2, 0) is 9.53 Å². The van der Waals surface area contributed by atoms with Gasteiger partial charge in [-0.05, 0) is 25.8 Å². The number of rotatable bonds is 5. The first kappa shape index (κ1) is 19.2. The first-order chi connectivity index (χ1) is 12.2. The number of pyridine rings is 1. The van der Waals surface area contributed by atoms with E-state index in [1.54, 1.807) is 31.2 Å². The molecule has 0 radical (unpaired) electrons. The zero-order chi connectivity index (χ0) is 19.5. The van der Waals surface area contributed by atoms with Gasteiger partial charge in [-0.15, -0.1) is 0 Å². The lowest BCUT2D eigenvalue weighted by Crippen LogP contribution is -2.52. The van der Waals surface area contributed by atoms with Gasteiger partial charge in [0, 0.05) is 17.0 Å². The van der Waals surface area contributed by atoms with Crippen molar-refractivity contribution in [3.8, 4) is 6.07 Å². The molecule has 2 atom stereocenters. The molecule has 7 heteroatoms. The number of nitriles is 1. The van der Waals surface area contributed by atoms with Gasteiger partial charge in [0.05, 0.1) is 11.6 Å². The van der Waals surface area contributed by atoms with Gasteiger partial charge < -0.3 is 15.0 Å². The summed E-state index contributed by atoms with van der Waals surface area (Å²) in [6, 6.07) is 10.0. The molecule has 1 aromatic carbocycles. The molecule has 26 heavy (non-hydrogen) atoms. The lowest BCUT2D eigenvalue weighted by atomic mass is 9.90. The van der Waals surface area contributed by atoms with E-state index in [9.17, 15) is 19.6 Å². The van der Waals surface area contributed by atoms with Crippen LogP contribution in [0.15, 0.2) is 35.1 Å². The maximum atomic E-state index is 12.5. The Bertz CT molecular complexity index is 942. The highest BCUT2D eigenvalue weighted by Crippen LogP contribution is 2.18. The summed E-state index contributed by atoms with van der Waals surface area (Å²) in [5.74, 6) is -1.49. The summed E-state index contributed by atoms with van der Waals surface area (Å²) in [6.45, 7) is 6.64. The highest BCUT2D eigenvalue weighted by Gasteiger charge is 2.32. The van der Waals surface area contributed by atoms with Gasteiger partial charge in [-0.1, -0.05) is 32.0 Å². The van der Waals surface area contributed by atoms with Crippen LogP contribution in [0.25, 0.3) is 10.9 Å². The second-order valence-electron chi connectivity index (χ2n) is 6.60. The van der Waals surface area contributed by atoms with Crippen LogP contribution in [0.4, 0.5) is 0 Å². The van der Waals surface area contributed by atoms with E-state index < -0.39 is 29.1 Å².